The lowest BCUT2D eigenvalue weighted by atomic mass is 9.99. The molecule has 1 aliphatic rings. The number of nitrogens with zero attached hydrogens (tertiary/aromatic N) is 1. The van der Waals surface area contributed by atoms with Crippen molar-refractivity contribution in [1.82, 2.24) is 4.90 Å². The molecule has 1 aromatic rings. The summed E-state index contributed by atoms with van der Waals surface area (Å²) >= 11 is 3.34. The number of halogens is 1. The summed E-state index contributed by atoms with van der Waals surface area (Å²) in [7, 11) is 0. The molecule has 0 aliphatic carbocycles. The molecule has 0 aromatic heterocycles. The van der Waals surface area contributed by atoms with Crippen LogP contribution < -0.4 is 0 Å². The van der Waals surface area contributed by atoms with Crippen molar-refractivity contribution in [3.8, 4) is 0 Å². The maximum Gasteiger partial charge on any atom is 0.411 e. The third-order valence-corrected chi connectivity index (χ3v) is 3.21. The van der Waals surface area contributed by atoms with Gasteiger partial charge in [-0.15, -0.1) is 0 Å². The molecular weight excluding hydrogens is 310 g/mol. The molecule has 0 radical (unpaired) electrons. The predicted molar refractivity (Wildman–Crippen MR) is 75.1 cm³/mol. The summed E-state index contributed by atoms with van der Waals surface area (Å²) in [5, 5.41) is 0. The first-order chi connectivity index (χ1) is 8.76. The van der Waals surface area contributed by atoms with Gasteiger partial charge in [-0.05, 0) is 38.5 Å². The van der Waals surface area contributed by atoms with Gasteiger partial charge in [0.2, 0.25) is 0 Å². The highest BCUT2D eigenvalue weighted by Gasteiger charge is 2.29. The zero-order valence-corrected chi connectivity index (χ0v) is 12.8. The molecule has 1 heterocycles. The summed E-state index contributed by atoms with van der Waals surface area (Å²) in [6, 6.07) is 5.52. The number of ketones is 1. The van der Waals surface area contributed by atoms with Crippen LogP contribution in [0.1, 0.15) is 36.7 Å². The SMILES string of the molecule is CC(C)(C)OC(=O)N1CC(=O)c2cc(Br)ccc2C1. The van der Waals surface area contributed by atoms with E-state index in [1.807, 2.05) is 32.9 Å². The fraction of sp³-hybridized carbons (Fsp3) is 0.429. The average Bonchev–Trinajstić information content (AvgIpc) is 2.27. The van der Waals surface area contributed by atoms with E-state index < -0.39 is 11.7 Å². The minimum absolute atomic E-state index is 0.0617. The molecule has 0 bridgehead atoms. The van der Waals surface area contributed by atoms with Gasteiger partial charge in [0.1, 0.15) is 5.60 Å². The van der Waals surface area contributed by atoms with E-state index in [2.05, 4.69) is 15.9 Å². The standard InChI is InChI=1S/C14H16BrNO3/c1-14(2,3)19-13(18)16-7-9-4-5-10(15)6-11(9)12(17)8-16/h4-6H,7-8H2,1-3H3. The molecule has 1 aliphatic heterocycles. The van der Waals surface area contributed by atoms with Gasteiger partial charge in [-0.2, -0.15) is 0 Å². The minimum atomic E-state index is -0.555. The second kappa shape index (κ2) is 4.96. The fourth-order valence-corrected chi connectivity index (χ4v) is 2.28. The van der Waals surface area contributed by atoms with Gasteiger partial charge in [0.15, 0.2) is 5.78 Å². The number of ether oxygens (including phenoxy) is 1. The Morgan fingerprint density at radius 2 is 2.00 bits per heavy atom. The van der Waals surface area contributed by atoms with Crippen LogP contribution in [-0.4, -0.2) is 28.9 Å². The van der Waals surface area contributed by atoms with E-state index in [-0.39, 0.29) is 12.3 Å². The molecule has 0 N–H and O–H groups in total. The lowest BCUT2D eigenvalue weighted by molar-refractivity contribution is 0.0220. The number of amides is 1. The fourth-order valence-electron chi connectivity index (χ4n) is 1.92. The van der Waals surface area contributed by atoms with Crippen LogP contribution in [-0.2, 0) is 11.3 Å². The van der Waals surface area contributed by atoms with Gasteiger partial charge in [-0.25, -0.2) is 4.79 Å². The van der Waals surface area contributed by atoms with Crippen molar-refractivity contribution in [2.24, 2.45) is 0 Å². The Hall–Kier alpha value is -1.36. The topological polar surface area (TPSA) is 46.6 Å². The second-order valence-electron chi connectivity index (χ2n) is 5.56. The first-order valence-corrected chi connectivity index (χ1v) is 6.85. The number of carbonyl (C=O) groups is 2. The van der Waals surface area contributed by atoms with Crippen molar-refractivity contribution in [3.05, 3.63) is 33.8 Å². The van der Waals surface area contributed by atoms with Crippen LogP contribution in [0.25, 0.3) is 0 Å². The van der Waals surface area contributed by atoms with Gasteiger partial charge in [-0.3, -0.25) is 9.69 Å². The molecule has 0 saturated carbocycles. The molecule has 0 fully saturated rings. The van der Waals surface area contributed by atoms with Crippen molar-refractivity contribution in [2.45, 2.75) is 32.9 Å². The van der Waals surface area contributed by atoms with Crippen LogP contribution in [0, 0.1) is 0 Å². The zero-order chi connectivity index (χ0) is 14.2. The highest BCUT2D eigenvalue weighted by molar-refractivity contribution is 9.10. The Morgan fingerprint density at radius 1 is 1.32 bits per heavy atom. The maximum absolute atomic E-state index is 12.0. The van der Waals surface area contributed by atoms with E-state index in [0.717, 1.165) is 10.0 Å². The third-order valence-electron chi connectivity index (χ3n) is 2.72. The number of hydrogen-bond acceptors (Lipinski definition) is 3. The molecule has 0 unspecified atom stereocenters. The summed E-state index contributed by atoms with van der Waals surface area (Å²) in [6.45, 7) is 5.90. The Morgan fingerprint density at radius 3 is 2.63 bits per heavy atom. The van der Waals surface area contributed by atoms with Gasteiger partial charge in [-0.1, -0.05) is 22.0 Å². The molecule has 1 aromatic carbocycles. The second-order valence-corrected chi connectivity index (χ2v) is 6.48. The molecule has 4 nitrogen and oxygen atoms in total. The van der Waals surface area contributed by atoms with Crippen molar-refractivity contribution >= 4 is 27.8 Å². The molecule has 1 amide bonds. The summed E-state index contributed by atoms with van der Waals surface area (Å²) in [6.07, 6.45) is -0.450. The molecule has 102 valence electrons. The Bertz CT molecular complexity index is 534. The van der Waals surface area contributed by atoms with Crippen molar-refractivity contribution in [3.63, 3.8) is 0 Å². The number of carbonyl (C=O) groups excluding carboxylic acids is 2. The van der Waals surface area contributed by atoms with E-state index in [1.54, 1.807) is 6.07 Å². The first-order valence-electron chi connectivity index (χ1n) is 6.06. The summed E-state index contributed by atoms with van der Waals surface area (Å²) in [5.41, 5.74) is 0.972. The van der Waals surface area contributed by atoms with Gasteiger partial charge in [0.05, 0.1) is 13.1 Å². The van der Waals surface area contributed by atoms with Crippen molar-refractivity contribution in [1.29, 1.82) is 0 Å². The molecule has 2 rings (SSSR count). The van der Waals surface area contributed by atoms with Crippen LogP contribution in [0.5, 0.6) is 0 Å². The van der Waals surface area contributed by atoms with Gasteiger partial charge in [0.25, 0.3) is 0 Å². The van der Waals surface area contributed by atoms with Crippen LogP contribution in [0.2, 0.25) is 0 Å². The van der Waals surface area contributed by atoms with E-state index in [4.69, 9.17) is 4.74 Å². The van der Waals surface area contributed by atoms with E-state index >= 15 is 0 Å². The summed E-state index contributed by atoms with van der Waals surface area (Å²) in [4.78, 5) is 25.5. The van der Waals surface area contributed by atoms with Crippen LogP contribution in [0.4, 0.5) is 4.79 Å². The molecule has 0 atom stereocenters. The summed E-state index contributed by atoms with van der Waals surface area (Å²) in [5.74, 6) is -0.0617. The third kappa shape index (κ3) is 3.35. The highest BCUT2D eigenvalue weighted by atomic mass is 79.9. The number of Topliss-reactive ketones (excluding diaryl/α,β-unsaturated/α-hetero) is 1. The van der Waals surface area contributed by atoms with E-state index in [1.165, 1.54) is 4.90 Å². The van der Waals surface area contributed by atoms with Crippen molar-refractivity contribution in [2.75, 3.05) is 6.54 Å². The molecule has 0 saturated heterocycles. The van der Waals surface area contributed by atoms with Crippen molar-refractivity contribution < 1.29 is 14.3 Å². The summed E-state index contributed by atoms with van der Waals surface area (Å²) < 4.78 is 6.16. The van der Waals surface area contributed by atoms with Crippen LogP contribution in [0.15, 0.2) is 22.7 Å². The highest BCUT2D eigenvalue weighted by Crippen LogP contribution is 2.24. The van der Waals surface area contributed by atoms with Crippen LogP contribution >= 0.6 is 15.9 Å². The lowest BCUT2D eigenvalue weighted by Gasteiger charge is -2.30. The smallest absolute Gasteiger partial charge is 0.411 e. The Balaban J connectivity index is 2.19. The first kappa shape index (κ1) is 14.1. The molecule has 19 heavy (non-hydrogen) atoms. The Labute approximate surface area is 120 Å². The van der Waals surface area contributed by atoms with Gasteiger partial charge < -0.3 is 4.74 Å². The van der Waals surface area contributed by atoms with Gasteiger partial charge in [0, 0.05) is 10.0 Å². The van der Waals surface area contributed by atoms with Crippen LogP contribution in [0.3, 0.4) is 0 Å². The molecule has 5 heteroatoms. The number of fused-ring (bicyclic) bond motifs is 1. The lowest BCUT2D eigenvalue weighted by Crippen LogP contribution is -2.42. The quantitative estimate of drug-likeness (QED) is 0.734. The predicted octanol–water partition coefficient (Wildman–Crippen LogP) is 3.38. The maximum atomic E-state index is 12.0. The van der Waals surface area contributed by atoms with E-state index in [0.29, 0.717) is 12.1 Å². The largest absolute Gasteiger partial charge is 0.444 e. The minimum Gasteiger partial charge on any atom is -0.444 e. The number of rotatable bonds is 0. The zero-order valence-electron chi connectivity index (χ0n) is 11.2. The average molecular weight is 326 g/mol. The number of benzene rings is 1. The van der Waals surface area contributed by atoms with Gasteiger partial charge >= 0.3 is 6.09 Å². The monoisotopic (exact) mass is 325 g/mol. The number of hydrogen-bond donors (Lipinski definition) is 0. The molecule has 0 spiro atoms. The molecular formula is C14H16BrNO3. The normalized spacial score (nSPS) is 15.2. The van der Waals surface area contributed by atoms with E-state index in [9.17, 15) is 9.59 Å². The Kier molecular flexibility index (Phi) is 3.67.